The predicted molar refractivity (Wildman–Crippen MR) is 104 cm³/mol. The minimum Gasteiger partial charge on any atom is -0.379 e. The maximum atomic E-state index is 12.9. The normalized spacial score (nSPS) is 24.9. The molecule has 142 valence electrons. The summed E-state index contributed by atoms with van der Waals surface area (Å²) >= 11 is 0. The summed E-state index contributed by atoms with van der Waals surface area (Å²) in [6, 6.07) is 14.5. The van der Waals surface area contributed by atoms with E-state index < -0.39 is 0 Å². The van der Waals surface area contributed by atoms with Crippen molar-refractivity contribution in [1.29, 1.82) is 0 Å². The van der Waals surface area contributed by atoms with Gasteiger partial charge in [0.05, 0.1) is 19.3 Å². The summed E-state index contributed by atoms with van der Waals surface area (Å²) in [5, 5.41) is 0. The van der Waals surface area contributed by atoms with Crippen molar-refractivity contribution >= 4 is 5.91 Å². The fraction of sp³-hybridized carbons (Fsp3) is 0.455. The number of hydrogen-bond acceptors (Lipinski definition) is 4. The standard InChI is InChI=1S/C22H27N3O2/c1-18(20-5-3-2-4-6-20)25-16-22(13-21(25)26)15-24(11-12-27-17-22)14-19-7-9-23-10-8-19/h2-10,18H,11-17H2,1H3/t18-,22-/m0/s1. The van der Waals surface area contributed by atoms with Gasteiger partial charge in [-0.25, -0.2) is 0 Å². The van der Waals surface area contributed by atoms with Crippen LogP contribution in [-0.4, -0.2) is 53.5 Å². The third-order valence-electron chi connectivity index (χ3n) is 5.78. The first-order valence-electron chi connectivity index (χ1n) is 9.69. The Morgan fingerprint density at radius 3 is 2.70 bits per heavy atom. The number of nitrogens with zero attached hydrogens (tertiary/aromatic N) is 3. The smallest absolute Gasteiger partial charge is 0.223 e. The molecule has 2 fully saturated rings. The molecule has 0 radical (unpaired) electrons. The fourth-order valence-corrected chi connectivity index (χ4v) is 4.36. The summed E-state index contributed by atoms with van der Waals surface area (Å²) in [6.07, 6.45) is 4.24. The van der Waals surface area contributed by atoms with E-state index >= 15 is 0 Å². The molecular weight excluding hydrogens is 338 g/mol. The fourth-order valence-electron chi connectivity index (χ4n) is 4.36. The average Bonchev–Trinajstić information content (AvgIpc) is 2.89. The zero-order valence-electron chi connectivity index (χ0n) is 15.9. The van der Waals surface area contributed by atoms with Crippen molar-refractivity contribution in [2.75, 3.05) is 32.8 Å². The summed E-state index contributed by atoms with van der Waals surface area (Å²) in [5.74, 6) is 0.237. The molecule has 2 saturated heterocycles. The van der Waals surface area contributed by atoms with Gasteiger partial charge in [0.25, 0.3) is 0 Å². The number of carbonyl (C=O) groups excluding carboxylic acids is 1. The summed E-state index contributed by atoms with van der Waals surface area (Å²) in [5.41, 5.74) is 2.32. The average molecular weight is 365 g/mol. The molecule has 3 heterocycles. The quantitative estimate of drug-likeness (QED) is 0.836. The first-order valence-corrected chi connectivity index (χ1v) is 9.69. The van der Waals surface area contributed by atoms with Gasteiger partial charge in [0.1, 0.15) is 0 Å². The third-order valence-corrected chi connectivity index (χ3v) is 5.78. The van der Waals surface area contributed by atoms with Crippen LogP contribution in [0.1, 0.15) is 30.5 Å². The van der Waals surface area contributed by atoms with Crippen LogP contribution in [0.15, 0.2) is 54.9 Å². The van der Waals surface area contributed by atoms with E-state index in [4.69, 9.17) is 4.74 Å². The van der Waals surface area contributed by atoms with Gasteiger partial charge >= 0.3 is 0 Å². The van der Waals surface area contributed by atoms with Crippen LogP contribution in [0.4, 0.5) is 0 Å². The minimum atomic E-state index is -0.121. The van der Waals surface area contributed by atoms with Crippen molar-refractivity contribution in [3.05, 3.63) is 66.0 Å². The zero-order chi connectivity index (χ0) is 18.7. The molecule has 1 spiro atoms. The molecule has 4 rings (SSSR count). The Labute approximate surface area is 161 Å². The number of aromatic nitrogens is 1. The Balaban J connectivity index is 1.49. The molecule has 0 bridgehead atoms. The Kier molecular flexibility index (Phi) is 5.23. The second kappa shape index (κ2) is 7.79. The molecule has 1 aromatic heterocycles. The van der Waals surface area contributed by atoms with E-state index in [9.17, 15) is 4.79 Å². The van der Waals surface area contributed by atoms with Crippen LogP contribution in [0.5, 0.6) is 0 Å². The number of ether oxygens (including phenoxy) is 1. The Hall–Kier alpha value is -2.24. The molecule has 5 heteroatoms. The van der Waals surface area contributed by atoms with E-state index in [0.29, 0.717) is 13.0 Å². The van der Waals surface area contributed by atoms with Crippen LogP contribution >= 0.6 is 0 Å². The van der Waals surface area contributed by atoms with E-state index in [1.807, 2.05) is 35.5 Å². The SMILES string of the molecule is C[C@@H](c1ccccc1)N1C[C@]2(COCCN(Cc3ccncc3)C2)CC1=O. The van der Waals surface area contributed by atoms with E-state index in [0.717, 1.165) is 32.8 Å². The van der Waals surface area contributed by atoms with E-state index in [-0.39, 0.29) is 17.4 Å². The molecule has 5 nitrogen and oxygen atoms in total. The Morgan fingerprint density at radius 2 is 1.93 bits per heavy atom. The van der Waals surface area contributed by atoms with Crippen molar-refractivity contribution in [2.45, 2.75) is 25.9 Å². The summed E-state index contributed by atoms with van der Waals surface area (Å²) in [7, 11) is 0. The van der Waals surface area contributed by atoms with Gasteiger partial charge in [-0.2, -0.15) is 0 Å². The zero-order valence-corrected chi connectivity index (χ0v) is 15.9. The highest BCUT2D eigenvalue weighted by Gasteiger charge is 2.46. The molecule has 2 aliphatic rings. The van der Waals surface area contributed by atoms with Crippen molar-refractivity contribution < 1.29 is 9.53 Å². The highest BCUT2D eigenvalue weighted by atomic mass is 16.5. The lowest BCUT2D eigenvalue weighted by atomic mass is 9.87. The van der Waals surface area contributed by atoms with Crippen molar-refractivity contribution in [1.82, 2.24) is 14.8 Å². The number of benzene rings is 1. The Bertz CT molecular complexity index is 768. The van der Waals surface area contributed by atoms with Crippen LogP contribution in [0.2, 0.25) is 0 Å². The number of pyridine rings is 1. The molecule has 1 aromatic carbocycles. The van der Waals surface area contributed by atoms with Gasteiger partial charge in [0.15, 0.2) is 0 Å². The van der Waals surface area contributed by atoms with Gasteiger partial charge in [-0.1, -0.05) is 30.3 Å². The van der Waals surface area contributed by atoms with Gasteiger partial charge in [-0.15, -0.1) is 0 Å². The van der Waals surface area contributed by atoms with Crippen molar-refractivity contribution in [3.8, 4) is 0 Å². The van der Waals surface area contributed by atoms with Crippen LogP contribution in [0, 0.1) is 5.41 Å². The number of carbonyl (C=O) groups is 1. The first kappa shape index (κ1) is 18.1. The molecule has 27 heavy (non-hydrogen) atoms. The minimum absolute atomic E-state index is 0.0926. The Morgan fingerprint density at radius 1 is 1.15 bits per heavy atom. The molecule has 2 aliphatic heterocycles. The molecular formula is C22H27N3O2. The van der Waals surface area contributed by atoms with E-state index in [1.54, 1.807) is 0 Å². The maximum Gasteiger partial charge on any atom is 0.223 e. The summed E-state index contributed by atoms with van der Waals surface area (Å²) in [6.45, 7) is 6.91. The van der Waals surface area contributed by atoms with Gasteiger partial charge in [-0.05, 0) is 30.2 Å². The van der Waals surface area contributed by atoms with E-state index in [2.05, 4.69) is 41.1 Å². The summed E-state index contributed by atoms with van der Waals surface area (Å²) < 4.78 is 5.95. The topological polar surface area (TPSA) is 45.7 Å². The lowest BCUT2D eigenvalue weighted by molar-refractivity contribution is -0.129. The number of likely N-dealkylation sites (tertiary alicyclic amines) is 1. The van der Waals surface area contributed by atoms with Crippen molar-refractivity contribution in [3.63, 3.8) is 0 Å². The third kappa shape index (κ3) is 4.04. The lowest BCUT2D eigenvalue weighted by Crippen LogP contribution is -2.40. The molecule has 0 saturated carbocycles. The van der Waals surface area contributed by atoms with Crippen LogP contribution in [0.3, 0.4) is 0 Å². The van der Waals surface area contributed by atoms with Crippen molar-refractivity contribution in [2.24, 2.45) is 5.41 Å². The van der Waals surface area contributed by atoms with Gasteiger partial charge in [0, 0.05) is 50.4 Å². The number of rotatable bonds is 4. The van der Waals surface area contributed by atoms with Crippen LogP contribution in [-0.2, 0) is 16.1 Å². The van der Waals surface area contributed by atoms with Gasteiger partial charge < -0.3 is 9.64 Å². The van der Waals surface area contributed by atoms with Crippen LogP contribution in [0.25, 0.3) is 0 Å². The highest BCUT2D eigenvalue weighted by Crippen LogP contribution is 2.38. The second-order valence-corrected chi connectivity index (χ2v) is 7.90. The van der Waals surface area contributed by atoms with Crippen LogP contribution < -0.4 is 0 Å². The van der Waals surface area contributed by atoms with Gasteiger partial charge in [-0.3, -0.25) is 14.7 Å². The second-order valence-electron chi connectivity index (χ2n) is 7.90. The molecule has 0 N–H and O–H groups in total. The van der Waals surface area contributed by atoms with E-state index in [1.165, 1.54) is 11.1 Å². The monoisotopic (exact) mass is 365 g/mol. The predicted octanol–water partition coefficient (Wildman–Crippen LogP) is 2.89. The lowest BCUT2D eigenvalue weighted by Gasteiger charge is -2.33. The number of amides is 1. The maximum absolute atomic E-state index is 12.9. The largest absolute Gasteiger partial charge is 0.379 e. The summed E-state index contributed by atoms with van der Waals surface area (Å²) in [4.78, 5) is 21.4. The number of hydrogen-bond donors (Lipinski definition) is 0. The van der Waals surface area contributed by atoms with Gasteiger partial charge in [0.2, 0.25) is 5.91 Å². The highest BCUT2D eigenvalue weighted by molar-refractivity contribution is 5.80. The molecule has 0 unspecified atom stereocenters. The molecule has 0 aliphatic carbocycles. The molecule has 1 amide bonds. The first-order chi connectivity index (χ1) is 13.2. The molecule has 2 atom stereocenters. The molecule has 2 aromatic rings.